The molecule has 0 rings (SSSR count). The topological polar surface area (TPSA) is 12.4 Å². The molecule has 1 nitrogen and oxygen atoms in total. The first kappa shape index (κ1) is 6.67. The Labute approximate surface area is 45.5 Å². The van der Waals surface area contributed by atoms with Crippen LogP contribution in [0.1, 0.15) is 20.3 Å². The van der Waals surface area contributed by atoms with Crippen LogP contribution in [0.25, 0.3) is 0 Å². The standard InChI is InChI=1S/C6H12N/c1-4-5-7-6(2)3/h1,4-5H2,2-3H3. The van der Waals surface area contributed by atoms with E-state index in [1.807, 2.05) is 13.8 Å². The van der Waals surface area contributed by atoms with Gasteiger partial charge in [-0.05, 0) is 20.3 Å². The maximum absolute atomic E-state index is 4.10. The first-order chi connectivity index (χ1) is 3.27. The molecule has 0 bridgehead atoms. The van der Waals surface area contributed by atoms with Crippen LogP contribution in [0.4, 0.5) is 0 Å². The van der Waals surface area contributed by atoms with E-state index in [4.69, 9.17) is 0 Å². The van der Waals surface area contributed by atoms with E-state index in [0.717, 1.165) is 18.7 Å². The van der Waals surface area contributed by atoms with Crippen molar-refractivity contribution < 1.29 is 0 Å². The molecule has 0 heterocycles. The van der Waals surface area contributed by atoms with Crippen LogP contribution in [-0.2, 0) is 0 Å². The quantitative estimate of drug-likeness (QED) is 0.466. The molecule has 0 saturated heterocycles. The molecule has 7 heavy (non-hydrogen) atoms. The Morgan fingerprint density at radius 1 is 1.57 bits per heavy atom. The summed E-state index contributed by atoms with van der Waals surface area (Å²) in [6, 6.07) is 0. The highest BCUT2D eigenvalue weighted by Crippen LogP contribution is 1.78. The Kier molecular flexibility index (Phi) is 3.67. The fourth-order valence-corrected chi connectivity index (χ4v) is 0.303. The molecule has 0 aromatic carbocycles. The summed E-state index contributed by atoms with van der Waals surface area (Å²) in [6.45, 7) is 8.52. The third-order valence-corrected chi connectivity index (χ3v) is 0.586. The molecule has 41 valence electrons. The van der Waals surface area contributed by atoms with Crippen molar-refractivity contribution in [3.05, 3.63) is 6.92 Å². The minimum absolute atomic E-state index is 0.877. The molecule has 0 aliphatic carbocycles. The smallest absolute Gasteiger partial charge is 0.0388 e. The Bertz CT molecular complexity index is 60.6. The second-order valence-corrected chi connectivity index (χ2v) is 1.68. The predicted molar refractivity (Wildman–Crippen MR) is 33.6 cm³/mol. The highest BCUT2D eigenvalue weighted by molar-refractivity contribution is 5.78. The van der Waals surface area contributed by atoms with Crippen LogP contribution < -0.4 is 0 Å². The van der Waals surface area contributed by atoms with Gasteiger partial charge in [0.25, 0.3) is 0 Å². The maximum atomic E-state index is 4.10. The van der Waals surface area contributed by atoms with Crippen LogP contribution in [0, 0.1) is 6.92 Å². The van der Waals surface area contributed by atoms with Gasteiger partial charge in [-0.25, -0.2) is 0 Å². The van der Waals surface area contributed by atoms with Crippen molar-refractivity contribution in [1.82, 2.24) is 0 Å². The lowest BCUT2D eigenvalue weighted by Crippen LogP contribution is -1.83. The fourth-order valence-electron chi connectivity index (χ4n) is 0.303. The van der Waals surface area contributed by atoms with Crippen LogP contribution in [0.2, 0.25) is 0 Å². The minimum Gasteiger partial charge on any atom is -0.295 e. The molecule has 0 N–H and O–H groups in total. The van der Waals surface area contributed by atoms with E-state index < -0.39 is 0 Å². The van der Waals surface area contributed by atoms with Gasteiger partial charge >= 0.3 is 0 Å². The van der Waals surface area contributed by atoms with Crippen molar-refractivity contribution >= 4 is 5.71 Å². The third-order valence-electron chi connectivity index (χ3n) is 0.586. The SMILES string of the molecule is [CH2]CCN=C(C)C. The summed E-state index contributed by atoms with van der Waals surface area (Å²) in [5, 5.41) is 0. The molecule has 0 spiro atoms. The van der Waals surface area contributed by atoms with Crippen molar-refractivity contribution in [2.24, 2.45) is 4.99 Å². The zero-order valence-corrected chi connectivity index (χ0v) is 5.07. The average Bonchev–Trinajstić information content (AvgIpc) is 1.61. The molecule has 0 atom stereocenters. The zero-order valence-electron chi connectivity index (χ0n) is 5.07. The summed E-state index contributed by atoms with van der Waals surface area (Å²) in [5.41, 5.74) is 1.14. The summed E-state index contributed by atoms with van der Waals surface area (Å²) in [6.07, 6.45) is 0.908. The average molecular weight is 98.2 g/mol. The van der Waals surface area contributed by atoms with E-state index in [0.29, 0.717) is 0 Å². The normalized spacial score (nSPS) is 8.43. The maximum Gasteiger partial charge on any atom is 0.0388 e. The van der Waals surface area contributed by atoms with Crippen LogP contribution >= 0.6 is 0 Å². The van der Waals surface area contributed by atoms with Gasteiger partial charge in [-0.1, -0.05) is 6.92 Å². The van der Waals surface area contributed by atoms with Crippen LogP contribution in [-0.4, -0.2) is 12.3 Å². The molecule has 0 saturated carbocycles. The lowest BCUT2D eigenvalue weighted by atomic mass is 10.4. The zero-order chi connectivity index (χ0) is 5.70. The number of rotatable bonds is 2. The van der Waals surface area contributed by atoms with Gasteiger partial charge in [0.2, 0.25) is 0 Å². The van der Waals surface area contributed by atoms with Crippen LogP contribution in [0.3, 0.4) is 0 Å². The molecule has 1 heteroatoms. The molecule has 0 amide bonds. The summed E-state index contributed by atoms with van der Waals surface area (Å²) in [4.78, 5) is 4.10. The van der Waals surface area contributed by atoms with E-state index in [-0.39, 0.29) is 0 Å². The van der Waals surface area contributed by atoms with Gasteiger partial charge in [0.15, 0.2) is 0 Å². The number of hydrogen-bond donors (Lipinski definition) is 0. The molecule has 0 fully saturated rings. The Morgan fingerprint density at radius 2 is 2.14 bits per heavy atom. The molecule has 0 aliphatic heterocycles. The second kappa shape index (κ2) is 3.85. The van der Waals surface area contributed by atoms with Crippen LogP contribution in [0.15, 0.2) is 4.99 Å². The molecule has 0 aliphatic rings. The molecular formula is C6H12N. The largest absolute Gasteiger partial charge is 0.295 e. The van der Waals surface area contributed by atoms with Gasteiger partial charge in [0.05, 0.1) is 0 Å². The lowest BCUT2D eigenvalue weighted by molar-refractivity contribution is 1.00. The van der Waals surface area contributed by atoms with Crippen molar-refractivity contribution in [1.29, 1.82) is 0 Å². The Hall–Kier alpha value is -0.330. The van der Waals surface area contributed by atoms with E-state index in [2.05, 4.69) is 11.9 Å². The van der Waals surface area contributed by atoms with Crippen molar-refractivity contribution in [2.75, 3.05) is 6.54 Å². The van der Waals surface area contributed by atoms with Gasteiger partial charge in [-0.2, -0.15) is 0 Å². The molecule has 0 aromatic heterocycles. The highest BCUT2D eigenvalue weighted by Gasteiger charge is 1.73. The number of aliphatic imine (C=N–C) groups is 1. The first-order valence-corrected chi connectivity index (χ1v) is 2.54. The second-order valence-electron chi connectivity index (χ2n) is 1.68. The fraction of sp³-hybridized carbons (Fsp3) is 0.667. The van der Waals surface area contributed by atoms with E-state index in [9.17, 15) is 0 Å². The van der Waals surface area contributed by atoms with Gasteiger partial charge in [0.1, 0.15) is 0 Å². The number of nitrogens with zero attached hydrogens (tertiary/aromatic N) is 1. The predicted octanol–water partition coefficient (Wildman–Crippen LogP) is 1.69. The summed E-state index contributed by atoms with van der Waals surface area (Å²) in [5.74, 6) is 0. The monoisotopic (exact) mass is 98.1 g/mol. The van der Waals surface area contributed by atoms with E-state index in [1.54, 1.807) is 0 Å². The first-order valence-electron chi connectivity index (χ1n) is 2.54. The number of hydrogen-bond acceptors (Lipinski definition) is 1. The highest BCUT2D eigenvalue weighted by atomic mass is 14.7. The summed E-state index contributed by atoms with van der Waals surface area (Å²) in [7, 11) is 0. The van der Waals surface area contributed by atoms with Crippen molar-refractivity contribution in [3.8, 4) is 0 Å². The Balaban J connectivity index is 3.08. The molecule has 0 aromatic rings. The summed E-state index contributed by atoms with van der Waals surface area (Å²) >= 11 is 0. The minimum atomic E-state index is 0.877. The van der Waals surface area contributed by atoms with E-state index in [1.165, 1.54) is 0 Å². The van der Waals surface area contributed by atoms with Crippen molar-refractivity contribution in [3.63, 3.8) is 0 Å². The third kappa shape index (κ3) is 5.67. The molecular weight excluding hydrogens is 86.1 g/mol. The van der Waals surface area contributed by atoms with Gasteiger partial charge in [-0.3, -0.25) is 4.99 Å². The van der Waals surface area contributed by atoms with Gasteiger partial charge < -0.3 is 0 Å². The molecule has 1 radical (unpaired) electrons. The van der Waals surface area contributed by atoms with Crippen LogP contribution in [0.5, 0.6) is 0 Å². The summed E-state index contributed by atoms with van der Waals surface area (Å²) < 4.78 is 0. The van der Waals surface area contributed by atoms with Gasteiger partial charge in [0, 0.05) is 12.3 Å². The van der Waals surface area contributed by atoms with E-state index >= 15 is 0 Å². The van der Waals surface area contributed by atoms with Crippen molar-refractivity contribution in [2.45, 2.75) is 20.3 Å². The van der Waals surface area contributed by atoms with Gasteiger partial charge in [-0.15, -0.1) is 0 Å². The Morgan fingerprint density at radius 3 is 2.29 bits per heavy atom. The lowest BCUT2D eigenvalue weighted by Gasteiger charge is -1.85. The molecule has 0 unspecified atom stereocenters.